The van der Waals surface area contributed by atoms with Gasteiger partial charge in [0.15, 0.2) is 5.75 Å². The van der Waals surface area contributed by atoms with Crippen molar-refractivity contribution in [2.75, 3.05) is 7.11 Å². The molecule has 0 aliphatic rings. The van der Waals surface area contributed by atoms with Crippen LogP contribution >= 0.6 is 0 Å². The van der Waals surface area contributed by atoms with Crippen molar-refractivity contribution in [2.45, 2.75) is 6.54 Å². The number of ether oxygens (including phenoxy) is 1. The number of rotatable bonds is 3. The van der Waals surface area contributed by atoms with Crippen LogP contribution in [0.15, 0.2) is 23.1 Å². The molecular weight excluding hydrogens is 186 g/mol. The number of amides is 1. The summed E-state index contributed by atoms with van der Waals surface area (Å²) in [5, 5.41) is 0. The lowest BCUT2D eigenvalue weighted by molar-refractivity contribution is -0.121. The molecule has 1 rings (SSSR count). The molecule has 6 heteroatoms. The van der Waals surface area contributed by atoms with Crippen molar-refractivity contribution in [2.24, 2.45) is 5.84 Å². The zero-order chi connectivity index (χ0) is 10.6. The molecule has 76 valence electrons. The Morgan fingerprint density at radius 1 is 1.71 bits per heavy atom. The molecule has 0 atom stereocenters. The number of methoxy groups -OCH3 is 1. The number of hydrogen-bond acceptors (Lipinski definition) is 4. The van der Waals surface area contributed by atoms with Crippen LogP contribution in [-0.4, -0.2) is 17.6 Å². The largest absolute Gasteiger partial charge is 0.491 e. The quantitative estimate of drug-likeness (QED) is 0.364. The van der Waals surface area contributed by atoms with Crippen LogP contribution in [0, 0.1) is 0 Å². The summed E-state index contributed by atoms with van der Waals surface area (Å²) in [6.45, 7) is -0.119. The first-order chi connectivity index (χ1) is 6.69. The average Bonchev–Trinajstić information content (AvgIpc) is 2.21. The first-order valence-electron chi connectivity index (χ1n) is 3.92. The van der Waals surface area contributed by atoms with E-state index in [1.807, 2.05) is 5.43 Å². The number of nitrogens with zero attached hydrogens (tertiary/aromatic N) is 1. The molecule has 6 nitrogen and oxygen atoms in total. The number of pyridine rings is 1. The number of nitrogens with two attached hydrogens (primary N) is 1. The Kier molecular flexibility index (Phi) is 3.24. The lowest BCUT2D eigenvalue weighted by Gasteiger charge is -2.05. The van der Waals surface area contributed by atoms with Crippen molar-refractivity contribution in [3.8, 4) is 5.75 Å². The molecule has 3 N–H and O–H groups in total. The molecule has 0 spiro atoms. The van der Waals surface area contributed by atoms with Crippen LogP contribution in [0.5, 0.6) is 5.75 Å². The number of nitrogens with one attached hydrogen (secondary N) is 1. The van der Waals surface area contributed by atoms with Gasteiger partial charge in [-0.05, 0) is 12.1 Å². The summed E-state index contributed by atoms with van der Waals surface area (Å²) < 4.78 is 6.01. The molecule has 0 saturated carbocycles. The van der Waals surface area contributed by atoms with Gasteiger partial charge in [-0.3, -0.25) is 15.0 Å². The fourth-order valence-electron chi connectivity index (χ4n) is 0.995. The van der Waals surface area contributed by atoms with Gasteiger partial charge in [0.25, 0.3) is 11.5 Å². The molecule has 0 radical (unpaired) electrons. The first kappa shape index (κ1) is 10.3. The predicted molar refractivity (Wildman–Crippen MR) is 49.6 cm³/mol. The van der Waals surface area contributed by atoms with Crippen molar-refractivity contribution in [3.63, 3.8) is 0 Å². The maximum atomic E-state index is 11.5. The van der Waals surface area contributed by atoms with Crippen molar-refractivity contribution in [1.29, 1.82) is 0 Å². The molecule has 0 unspecified atom stereocenters. The maximum Gasteiger partial charge on any atom is 0.293 e. The fourth-order valence-corrected chi connectivity index (χ4v) is 0.995. The molecule has 14 heavy (non-hydrogen) atoms. The highest BCUT2D eigenvalue weighted by Crippen LogP contribution is 1.99. The molecule has 0 aromatic carbocycles. The molecule has 0 aliphatic carbocycles. The smallest absolute Gasteiger partial charge is 0.293 e. The van der Waals surface area contributed by atoms with E-state index in [0.717, 1.165) is 0 Å². The zero-order valence-electron chi connectivity index (χ0n) is 7.69. The van der Waals surface area contributed by atoms with Gasteiger partial charge in [-0.2, -0.15) is 0 Å². The Morgan fingerprint density at radius 3 is 3.00 bits per heavy atom. The van der Waals surface area contributed by atoms with E-state index in [0.29, 0.717) is 0 Å². The molecule has 1 heterocycles. The normalized spacial score (nSPS) is 9.57. The summed E-state index contributed by atoms with van der Waals surface area (Å²) in [7, 11) is 1.39. The molecule has 0 saturated heterocycles. The van der Waals surface area contributed by atoms with Crippen molar-refractivity contribution >= 4 is 5.91 Å². The summed E-state index contributed by atoms with van der Waals surface area (Å²) in [4.78, 5) is 22.4. The van der Waals surface area contributed by atoms with E-state index < -0.39 is 5.91 Å². The second-order valence-corrected chi connectivity index (χ2v) is 2.58. The van der Waals surface area contributed by atoms with Gasteiger partial charge in [0, 0.05) is 6.20 Å². The van der Waals surface area contributed by atoms with Gasteiger partial charge >= 0.3 is 0 Å². The maximum absolute atomic E-state index is 11.5. The van der Waals surface area contributed by atoms with E-state index in [4.69, 9.17) is 10.6 Å². The minimum absolute atomic E-state index is 0.119. The van der Waals surface area contributed by atoms with Gasteiger partial charge in [-0.1, -0.05) is 0 Å². The molecule has 1 aromatic heterocycles. The third kappa shape index (κ3) is 2.11. The van der Waals surface area contributed by atoms with Crippen LogP contribution in [0.4, 0.5) is 0 Å². The summed E-state index contributed by atoms with van der Waals surface area (Å²) in [6, 6.07) is 3.14. The lowest BCUT2D eigenvalue weighted by atomic mass is 10.4. The standard InChI is InChI=1S/C8H11N3O3/c1-14-6-3-2-4-11(8(6)13)5-7(12)10-9/h2-4H,5,9H2,1H3,(H,10,12). The first-order valence-corrected chi connectivity index (χ1v) is 3.92. The van der Waals surface area contributed by atoms with Crippen LogP contribution < -0.4 is 21.6 Å². The van der Waals surface area contributed by atoms with E-state index in [2.05, 4.69) is 0 Å². The van der Waals surface area contributed by atoms with E-state index in [9.17, 15) is 9.59 Å². The molecule has 1 amide bonds. The highest BCUT2D eigenvalue weighted by atomic mass is 16.5. The SMILES string of the molecule is COc1cccn(CC(=O)NN)c1=O. The van der Waals surface area contributed by atoms with E-state index in [1.165, 1.54) is 23.9 Å². The monoisotopic (exact) mass is 197 g/mol. The second-order valence-electron chi connectivity index (χ2n) is 2.58. The third-order valence-corrected chi connectivity index (χ3v) is 1.68. The minimum atomic E-state index is -0.444. The highest BCUT2D eigenvalue weighted by Gasteiger charge is 2.05. The van der Waals surface area contributed by atoms with E-state index >= 15 is 0 Å². The number of aromatic nitrogens is 1. The van der Waals surface area contributed by atoms with Crippen LogP contribution in [-0.2, 0) is 11.3 Å². The number of hydrogen-bond donors (Lipinski definition) is 2. The summed E-state index contributed by atoms with van der Waals surface area (Å²) in [6.07, 6.45) is 1.49. The van der Waals surface area contributed by atoms with Gasteiger partial charge < -0.3 is 9.30 Å². The van der Waals surface area contributed by atoms with Crippen molar-refractivity contribution in [1.82, 2.24) is 9.99 Å². The van der Waals surface area contributed by atoms with Gasteiger partial charge in [0.05, 0.1) is 7.11 Å². The van der Waals surface area contributed by atoms with E-state index in [-0.39, 0.29) is 17.9 Å². The molecule has 0 bridgehead atoms. The topological polar surface area (TPSA) is 86.3 Å². The van der Waals surface area contributed by atoms with Gasteiger partial charge in [-0.15, -0.1) is 0 Å². The fraction of sp³-hybridized carbons (Fsp3) is 0.250. The van der Waals surface area contributed by atoms with Crippen LogP contribution in [0.2, 0.25) is 0 Å². The van der Waals surface area contributed by atoms with Gasteiger partial charge in [0.2, 0.25) is 0 Å². The van der Waals surface area contributed by atoms with Gasteiger partial charge in [0.1, 0.15) is 6.54 Å². The molecular formula is C8H11N3O3. The Balaban J connectivity index is 2.98. The molecule has 0 fully saturated rings. The third-order valence-electron chi connectivity index (χ3n) is 1.68. The summed E-state index contributed by atoms with van der Waals surface area (Å²) in [5.74, 6) is 4.64. The average molecular weight is 197 g/mol. The Morgan fingerprint density at radius 2 is 2.43 bits per heavy atom. The molecule has 0 aliphatic heterocycles. The van der Waals surface area contributed by atoms with Gasteiger partial charge in [-0.25, -0.2) is 5.84 Å². The van der Waals surface area contributed by atoms with Crippen LogP contribution in [0.25, 0.3) is 0 Å². The number of hydrazine groups is 1. The predicted octanol–water partition coefficient (Wildman–Crippen LogP) is -1.15. The Bertz CT molecular complexity index is 386. The number of carbonyl (C=O) groups is 1. The minimum Gasteiger partial charge on any atom is -0.491 e. The van der Waals surface area contributed by atoms with Crippen molar-refractivity contribution in [3.05, 3.63) is 28.7 Å². The summed E-state index contributed by atoms with van der Waals surface area (Å²) >= 11 is 0. The Labute approximate surface area is 80.3 Å². The Hall–Kier alpha value is -1.82. The zero-order valence-corrected chi connectivity index (χ0v) is 7.69. The summed E-state index contributed by atoms with van der Waals surface area (Å²) in [5.41, 5.74) is 1.58. The second kappa shape index (κ2) is 4.43. The number of carbonyl (C=O) groups excluding carboxylic acids is 1. The van der Waals surface area contributed by atoms with E-state index in [1.54, 1.807) is 6.07 Å². The van der Waals surface area contributed by atoms with Crippen LogP contribution in [0.3, 0.4) is 0 Å². The highest BCUT2D eigenvalue weighted by molar-refractivity contribution is 5.74. The molecule has 1 aromatic rings. The lowest BCUT2D eigenvalue weighted by Crippen LogP contribution is -2.36. The van der Waals surface area contributed by atoms with Crippen molar-refractivity contribution < 1.29 is 9.53 Å². The van der Waals surface area contributed by atoms with Crippen LogP contribution in [0.1, 0.15) is 0 Å².